The number of nitrogens with zero attached hydrogens (tertiary/aromatic N) is 2. The summed E-state index contributed by atoms with van der Waals surface area (Å²) >= 11 is 6.20. The smallest absolute Gasteiger partial charge is 0.164 e. The summed E-state index contributed by atoms with van der Waals surface area (Å²) in [5, 5.41) is 1.12. The lowest BCUT2D eigenvalue weighted by Crippen LogP contribution is -1.96. The zero-order valence-electron chi connectivity index (χ0n) is 11.1. The van der Waals surface area contributed by atoms with Gasteiger partial charge >= 0.3 is 0 Å². The van der Waals surface area contributed by atoms with Crippen LogP contribution in [-0.2, 0) is 0 Å². The minimum atomic E-state index is -0.310. The van der Waals surface area contributed by atoms with E-state index in [-0.39, 0.29) is 5.82 Å². The third kappa shape index (κ3) is 2.14. The molecule has 0 N–H and O–H groups in total. The highest BCUT2D eigenvalue weighted by Crippen LogP contribution is 2.27. The molecule has 0 atom stereocenters. The van der Waals surface area contributed by atoms with Crippen molar-refractivity contribution in [2.24, 2.45) is 0 Å². The van der Waals surface area contributed by atoms with Gasteiger partial charge in [0, 0.05) is 5.39 Å². The number of halogens is 2. The van der Waals surface area contributed by atoms with E-state index in [0.717, 1.165) is 10.9 Å². The molecule has 0 saturated heterocycles. The minimum absolute atomic E-state index is 0.310. The second kappa shape index (κ2) is 4.84. The molecule has 0 saturated carbocycles. The lowest BCUT2D eigenvalue weighted by Gasteiger charge is -2.07. The Bertz CT molecular complexity index is 815. The first-order chi connectivity index (χ1) is 9.56. The maximum absolute atomic E-state index is 14.2. The van der Waals surface area contributed by atoms with Crippen LogP contribution >= 0.6 is 11.6 Å². The number of aryl methyl sites for hydroxylation is 2. The molecule has 0 aliphatic rings. The number of rotatable bonds is 1. The van der Waals surface area contributed by atoms with Gasteiger partial charge in [-0.05, 0) is 37.6 Å². The lowest BCUT2D eigenvalue weighted by atomic mass is 10.1. The molecule has 1 heterocycles. The van der Waals surface area contributed by atoms with Gasteiger partial charge in [-0.15, -0.1) is 0 Å². The van der Waals surface area contributed by atoms with Gasteiger partial charge in [-0.3, -0.25) is 0 Å². The lowest BCUT2D eigenvalue weighted by molar-refractivity contribution is 0.621. The summed E-state index contributed by atoms with van der Waals surface area (Å²) in [7, 11) is 0. The van der Waals surface area contributed by atoms with E-state index in [1.165, 1.54) is 0 Å². The minimum Gasteiger partial charge on any atom is -0.228 e. The van der Waals surface area contributed by atoms with Crippen molar-refractivity contribution in [3.63, 3.8) is 0 Å². The van der Waals surface area contributed by atoms with Gasteiger partial charge in [-0.25, -0.2) is 14.4 Å². The third-order valence-corrected chi connectivity index (χ3v) is 3.53. The summed E-state index contributed by atoms with van der Waals surface area (Å²) in [5.74, 6) is 0.00239. The number of hydrogen-bond donors (Lipinski definition) is 0. The van der Waals surface area contributed by atoms with Gasteiger partial charge in [-0.2, -0.15) is 0 Å². The van der Waals surface area contributed by atoms with Crippen LogP contribution in [0.2, 0.25) is 5.15 Å². The Hall–Kier alpha value is -2.00. The van der Waals surface area contributed by atoms with Crippen molar-refractivity contribution in [2.45, 2.75) is 13.8 Å². The van der Waals surface area contributed by atoms with E-state index in [0.29, 0.717) is 27.6 Å². The molecule has 20 heavy (non-hydrogen) atoms. The summed E-state index contributed by atoms with van der Waals surface area (Å²) in [5.41, 5.74) is 2.73. The number of fused-ring (bicyclic) bond motifs is 1. The number of benzene rings is 2. The van der Waals surface area contributed by atoms with Crippen molar-refractivity contribution in [3.05, 3.63) is 58.5 Å². The summed E-state index contributed by atoms with van der Waals surface area (Å²) in [6.45, 7) is 3.69. The molecule has 0 spiro atoms. The van der Waals surface area contributed by atoms with E-state index in [4.69, 9.17) is 11.6 Å². The van der Waals surface area contributed by atoms with Gasteiger partial charge in [0.1, 0.15) is 11.0 Å². The molecule has 0 aliphatic carbocycles. The molecule has 4 heteroatoms. The Kier molecular flexibility index (Phi) is 3.14. The fourth-order valence-corrected chi connectivity index (χ4v) is 2.38. The largest absolute Gasteiger partial charge is 0.228 e. The van der Waals surface area contributed by atoms with Crippen LogP contribution in [0.25, 0.3) is 22.3 Å². The fourth-order valence-electron chi connectivity index (χ4n) is 2.15. The van der Waals surface area contributed by atoms with E-state index in [1.807, 2.05) is 25.1 Å². The average Bonchev–Trinajstić information content (AvgIpc) is 2.42. The Labute approximate surface area is 121 Å². The average molecular weight is 287 g/mol. The molecule has 3 rings (SSSR count). The SMILES string of the molecule is Cc1ccc2nc(-c3cccc(C)c3F)nc(Cl)c2c1. The number of hydrogen-bond acceptors (Lipinski definition) is 2. The van der Waals surface area contributed by atoms with E-state index in [2.05, 4.69) is 9.97 Å². The topological polar surface area (TPSA) is 25.8 Å². The molecule has 0 bridgehead atoms. The maximum atomic E-state index is 14.2. The van der Waals surface area contributed by atoms with Crippen LogP contribution in [0.4, 0.5) is 4.39 Å². The molecule has 0 unspecified atom stereocenters. The van der Waals surface area contributed by atoms with Crippen LogP contribution in [0.1, 0.15) is 11.1 Å². The van der Waals surface area contributed by atoms with Crippen LogP contribution in [0.3, 0.4) is 0 Å². The van der Waals surface area contributed by atoms with E-state index in [9.17, 15) is 4.39 Å². The molecule has 2 aromatic carbocycles. The zero-order valence-corrected chi connectivity index (χ0v) is 11.9. The second-order valence-electron chi connectivity index (χ2n) is 4.80. The van der Waals surface area contributed by atoms with Gasteiger partial charge in [0.2, 0.25) is 0 Å². The molecule has 100 valence electrons. The first kappa shape index (κ1) is 13.0. The first-order valence-electron chi connectivity index (χ1n) is 6.25. The van der Waals surface area contributed by atoms with E-state index >= 15 is 0 Å². The van der Waals surface area contributed by atoms with Gasteiger partial charge in [0.15, 0.2) is 5.82 Å². The monoisotopic (exact) mass is 286 g/mol. The summed E-state index contributed by atoms with van der Waals surface area (Å²) in [4.78, 5) is 8.64. The fraction of sp³-hybridized carbons (Fsp3) is 0.125. The molecule has 0 amide bonds. The molecule has 2 nitrogen and oxygen atoms in total. The standard InChI is InChI=1S/C16H12ClFN2/c1-9-6-7-13-12(8-9)15(17)20-16(19-13)11-5-3-4-10(2)14(11)18/h3-8H,1-2H3. The Morgan fingerprint density at radius 1 is 1.05 bits per heavy atom. The van der Waals surface area contributed by atoms with Gasteiger partial charge in [-0.1, -0.05) is 35.4 Å². The van der Waals surface area contributed by atoms with Gasteiger partial charge < -0.3 is 0 Å². The third-order valence-electron chi connectivity index (χ3n) is 3.24. The zero-order chi connectivity index (χ0) is 14.3. The summed E-state index contributed by atoms with van der Waals surface area (Å²) < 4.78 is 14.2. The highest BCUT2D eigenvalue weighted by Gasteiger charge is 2.13. The van der Waals surface area contributed by atoms with Crippen molar-refractivity contribution in [1.29, 1.82) is 0 Å². The maximum Gasteiger partial charge on any atom is 0.164 e. The Morgan fingerprint density at radius 2 is 1.85 bits per heavy atom. The highest BCUT2D eigenvalue weighted by molar-refractivity contribution is 6.34. The highest BCUT2D eigenvalue weighted by atomic mass is 35.5. The molecular weight excluding hydrogens is 275 g/mol. The Morgan fingerprint density at radius 3 is 2.65 bits per heavy atom. The van der Waals surface area contributed by atoms with Gasteiger partial charge in [0.05, 0.1) is 11.1 Å². The summed E-state index contributed by atoms with van der Waals surface area (Å²) in [6, 6.07) is 10.9. The predicted molar refractivity (Wildman–Crippen MR) is 79.4 cm³/mol. The Balaban J connectivity index is 2.28. The van der Waals surface area contributed by atoms with Crippen LogP contribution in [-0.4, -0.2) is 9.97 Å². The molecule has 0 radical (unpaired) electrons. The van der Waals surface area contributed by atoms with E-state index in [1.54, 1.807) is 25.1 Å². The van der Waals surface area contributed by atoms with Crippen LogP contribution in [0, 0.1) is 19.7 Å². The molecule has 0 fully saturated rings. The first-order valence-corrected chi connectivity index (χ1v) is 6.63. The van der Waals surface area contributed by atoms with Gasteiger partial charge in [0.25, 0.3) is 0 Å². The molecular formula is C16H12ClFN2. The number of aromatic nitrogens is 2. The molecule has 3 aromatic rings. The van der Waals surface area contributed by atoms with Crippen molar-refractivity contribution in [3.8, 4) is 11.4 Å². The van der Waals surface area contributed by atoms with E-state index < -0.39 is 0 Å². The van der Waals surface area contributed by atoms with Crippen LogP contribution in [0.5, 0.6) is 0 Å². The normalized spacial score (nSPS) is 11.0. The van der Waals surface area contributed by atoms with Crippen molar-refractivity contribution >= 4 is 22.5 Å². The quantitative estimate of drug-likeness (QED) is 0.606. The van der Waals surface area contributed by atoms with Crippen molar-refractivity contribution in [2.75, 3.05) is 0 Å². The van der Waals surface area contributed by atoms with Crippen molar-refractivity contribution in [1.82, 2.24) is 9.97 Å². The molecule has 1 aromatic heterocycles. The predicted octanol–water partition coefficient (Wildman–Crippen LogP) is 4.71. The van der Waals surface area contributed by atoms with Crippen molar-refractivity contribution < 1.29 is 4.39 Å². The molecule has 0 aliphatic heterocycles. The van der Waals surface area contributed by atoms with Crippen LogP contribution < -0.4 is 0 Å². The second-order valence-corrected chi connectivity index (χ2v) is 5.15. The van der Waals surface area contributed by atoms with Crippen LogP contribution in [0.15, 0.2) is 36.4 Å². The summed E-state index contributed by atoms with van der Waals surface area (Å²) in [6.07, 6.45) is 0.